The molecule has 0 unspecified atom stereocenters. The molecular weight excluding hydrogens is 277 g/mol. The molecule has 18 heavy (non-hydrogen) atoms. The second kappa shape index (κ2) is 7.26. The van der Waals surface area contributed by atoms with E-state index in [1.165, 1.54) is 7.11 Å². The first-order chi connectivity index (χ1) is 8.54. The zero-order valence-corrected chi connectivity index (χ0v) is 11.3. The maximum atomic E-state index is 10.5. The molecule has 0 bridgehead atoms. The molecular formula is C12H13Cl2NO3. The molecule has 0 aliphatic carbocycles. The van der Waals surface area contributed by atoms with E-state index in [0.717, 1.165) is 5.56 Å². The minimum atomic E-state index is -0.850. The van der Waals surface area contributed by atoms with Crippen molar-refractivity contribution in [3.63, 3.8) is 0 Å². The number of hydroxylamine groups is 1. The van der Waals surface area contributed by atoms with Gasteiger partial charge in [-0.3, -0.25) is 15.1 Å². The second-order valence-corrected chi connectivity index (χ2v) is 4.30. The lowest BCUT2D eigenvalue weighted by atomic mass is 10.1. The summed E-state index contributed by atoms with van der Waals surface area (Å²) in [6, 6.07) is 5.12. The molecule has 1 rings (SSSR count). The predicted molar refractivity (Wildman–Crippen MR) is 71.5 cm³/mol. The Kier molecular flexibility index (Phi) is 5.98. The predicted octanol–water partition coefficient (Wildman–Crippen LogP) is 3.35. The third-order valence-corrected chi connectivity index (χ3v) is 2.89. The van der Waals surface area contributed by atoms with Gasteiger partial charge in [-0.2, -0.15) is 0 Å². The van der Waals surface area contributed by atoms with Gasteiger partial charge in [-0.1, -0.05) is 35.3 Å². The van der Waals surface area contributed by atoms with Crippen molar-refractivity contribution in [1.82, 2.24) is 5.48 Å². The zero-order chi connectivity index (χ0) is 13.5. The highest BCUT2D eigenvalue weighted by Gasteiger charge is 2.05. The number of hydrogen-bond donors (Lipinski definition) is 2. The lowest BCUT2D eigenvalue weighted by molar-refractivity contribution is -0.136. The Bertz CT molecular complexity index is 461. The van der Waals surface area contributed by atoms with Gasteiger partial charge in [0.25, 0.3) is 0 Å². The number of benzene rings is 1. The number of allylic oxidation sites excluding steroid dienone is 1. The Morgan fingerprint density at radius 1 is 1.44 bits per heavy atom. The van der Waals surface area contributed by atoms with Crippen molar-refractivity contribution in [2.75, 3.05) is 7.11 Å². The van der Waals surface area contributed by atoms with Crippen LogP contribution in [-0.4, -0.2) is 18.2 Å². The lowest BCUT2D eigenvalue weighted by Crippen LogP contribution is -2.10. The van der Waals surface area contributed by atoms with Crippen LogP contribution >= 0.6 is 23.2 Å². The van der Waals surface area contributed by atoms with E-state index in [9.17, 15) is 4.79 Å². The fourth-order valence-electron chi connectivity index (χ4n) is 1.33. The Morgan fingerprint density at radius 3 is 2.72 bits per heavy atom. The summed E-state index contributed by atoms with van der Waals surface area (Å²) < 4.78 is 0. The molecule has 0 saturated carbocycles. The van der Waals surface area contributed by atoms with Crippen LogP contribution in [-0.2, 0) is 9.63 Å². The highest BCUT2D eigenvalue weighted by molar-refractivity contribution is 6.42. The minimum absolute atomic E-state index is 0.0518. The van der Waals surface area contributed by atoms with Crippen LogP contribution in [0.4, 0.5) is 0 Å². The van der Waals surface area contributed by atoms with Crippen LogP contribution in [0.2, 0.25) is 10.0 Å². The van der Waals surface area contributed by atoms with Gasteiger partial charge in [-0.05, 0) is 18.6 Å². The monoisotopic (exact) mass is 289 g/mol. The molecule has 0 heterocycles. The smallest absolute Gasteiger partial charge is 0.303 e. The minimum Gasteiger partial charge on any atom is -0.481 e. The van der Waals surface area contributed by atoms with E-state index in [0.29, 0.717) is 22.2 Å². The molecule has 0 fully saturated rings. The van der Waals surface area contributed by atoms with Crippen LogP contribution in [0.3, 0.4) is 0 Å². The fourth-order valence-corrected chi connectivity index (χ4v) is 1.63. The highest BCUT2D eigenvalue weighted by Crippen LogP contribution is 2.25. The molecule has 0 radical (unpaired) electrons. The third-order valence-electron chi connectivity index (χ3n) is 2.15. The van der Waals surface area contributed by atoms with Gasteiger partial charge in [-0.15, -0.1) is 0 Å². The van der Waals surface area contributed by atoms with Crippen LogP contribution in [0.25, 0.3) is 5.70 Å². The van der Waals surface area contributed by atoms with Crippen molar-refractivity contribution in [2.45, 2.75) is 12.8 Å². The average molecular weight is 290 g/mol. The summed E-state index contributed by atoms with van der Waals surface area (Å²) in [6.45, 7) is 0. The molecule has 0 spiro atoms. The largest absolute Gasteiger partial charge is 0.481 e. The van der Waals surface area contributed by atoms with Crippen LogP contribution in [0.5, 0.6) is 0 Å². The highest BCUT2D eigenvalue weighted by atomic mass is 35.5. The number of hydrogen-bond acceptors (Lipinski definition) is 3. The zero-order valence-electron chi connectivity index (χ0n) is 9.74. The van der Waals surface area contributed by atoms with Crippen molar-refractivity contribution in [3.05, 3.63) is 39.9 Å². The van der Waals surface area contributed by atoms with Crippen LogP contribution in [0, 0.1) is 0 Å². The summed E-state index contributed by atoms with van der Waals surface area (Å²) in [4.78, 5) is 15.3. The lowest BCUT2D eigenvalue weighted by Gasteiger charge is -2.10. The number of carboxylic acids is 1. The van der Waals surface area contributed by atoms with E-state index < -0.39 is 5.97 Å². The third kappa shape index (κ3) is 4.56. The summed E-state index contributed by atoms with van der Waals surface area (Å²) in [5, 5.41) is 9.48. The van der Waals surface area contributed by atoms with Gasteiger partial charge in [0.05, 0.1) is 22.9 Å². The van der Waals surface area contributed by atoms with Crippen molar-refractivity contribution >= 4 is 34.9 Å². The Hall–Kier alpha value is -1.23. The first kappa shape index (κ1) is 14.8. The van der Waals surface area contributed by atoms with Crippen LogP contribution < -0.4 is 5.48 Å². The quantitative estimate of drug-likeness (QED) is 0.789. The van der Waals surface area contributed by atoms with Gasteiger partial charge < -0.3 is 5.11 Å². The molecule has 0 aliphatic heterocycles. The Labute approximate surface area is 115 Å². The first-order valence-electron chi connectivity index (χ1n) is 5.21. The van der Waals surface area contributed by atoms with Gasteiger partial charge in [0.2, 0.25) is 0 Å². The number of carbonyl (C=O) groups is 1. The van der Waals surface area contributed by atoms with E-state index >= 15 is 0 Å². The van der Waals surface area contributed by atoms with E-state index in [2.05, 4.69) is 5.48 Å². The molecule has 0 saturated heterocycles. The molecule has 0 amide bonds. The average Bonchev–Trinajstić information content (AvgIpc) is 2.31. The fraction of sp³-hybridized carbons (Fsp3) is 0.250. The number of carboxylic acid groups (broad SMARTS) is 1. The number of nitrogens with one attached hydrogen (secondary N) is 1. The van der Waals surface area contributed by atoms with Gasteiger partial charge in [0.1, 0.15) is 0 Å². The van der Waals surface area contributed by atoms with Gasteiger partial charge in [0, 0.05) is 12.0 Å². The maximum absolute atomic E-state index is 10.5. The van der Waals surface area contributed by atoms with Crippen molar-refractivity contribution < 1.29 is 14.7 Å². The molecule has 0 atom stereocenters. The SMILES string of the molecule is CONC(=CCCC(=O)O)c1ccc(Cl)c(Cl)c1. The molecule has 0 aliphatic rings. The van der Waals surface area contributed by atoms with E-state index in [1.807, 2.05) is 0 Å². The number of rotatable bonds is 6. The van der Waals surface area contributed by atoms with Crippen LogP contribution in [0.1, 0.15) is 18.4 Å². The summed E-state index contributed by atoms with van der Waals surface area (Å²) in [7, 11) is 1.47. The number of halogens is 2. The molecule has 1 aromatic carbocycles. The van der Waals surface area contributed by atoms with Crippen molar-refractivity contribution in [1.29, 1.82) is 0 Å². The molecule has 98 valence electrons. The van der Waals surface area contributed by atoms with Crippen molar-refractivity contribution in [2.24, 2.45) is 0 Å². The van der Waals surface area contributed by atoms with Gasteiger partial charge in [0.15, 0.2) is 0 Å². The topological polar surface area (TPSA) is 58.6 Å². The molecule has 4 nitrogen and oxygen atoms in total. The van der Waals surface area contributed by atoms with Crippen molar-refractivity contribution in [3.8, 4) is 0 Å². The standard InChI is InChI=1S/C12H13Cl2NO3/c1-18-15-11(3-2-4-12(16)17)8-5-6-9(13)10(14)7-8/h3,5-7,15H,2,4H2,1H3,(H,16,17). The Morgan fingerprint density at radius 2 is 2.17 bits per heavy atom. The van der Waals surface area contributed by atoms with E-state index in [-0.39, 0.29) is 6.42 Å². The molecule has 6 heteroatoms. The number of aliphatic carboxylic acids is 1. The van der Waals surface area contributed by atoms with Gasteiger partial charge >= 0.3 is 5.97 Å². The van der Waals surface area contributed by atoms with Gasteiger partial charge in [-0.25, -0.2) is 0 Å². The first-order valence-corrected chi connectivity index (χ1v) is 5.96. The summed E-state index contributed by atoms with van der Waals surface area (Å²) in [6.07, 6.45) is 2.18. The molecule has 0 aromatic heterocycles. The summed E-state index contributed by atoms with van der Waals surface area (Å²) in [5.74, 6) is -0.850. The summed E-state index contributed by atoms with van der Waals surface area (Å²) in [5.41, 5.74) is 4.11. The normalized spacial score (nSPS) is 11.4. The van der Waals surface area contributed by atoms with E-state index in [4.69, 9.17) is 33.1 Å². The molecule has 1 aromatic rings. The molecule has 2 N–H and O–H groups in total. The second-order valence-electron chi connectivity index (χ2n) is 3.49. The maximum Gasteiger partial charge on any atom is 0.303 e. The summed E-state index contributed by atoms with van der Waals surface area (Å²) >= 11 is 11.7. The van der Waals surface area contributed by atoms with Crippen LogP contribution in [0.15, 0.2) is 24.3 Å². The van der Waals surface area contributed by atoms with E-state index in [1.54, 1.807) is 24.3 Å². The Balaban J connectivity index is 2.89.